The summed E-state index contributed by atoms with van der Waals surface area (Å²) in [5.41, 5.74) is 0.969. The topological polar surface area (TPSA) is 32.8 Å². The Bertz CT molecular complexity index is 448. The third-order valence-electron chi connectivity index (χ3n) is 3.78. The fourth-order valence-corrected chi connectivity index (χ4v) is 2.51. The summed E-state index contributed by atoms with van der Waals surface area (Å²) in [4.78, 5) is 16.8. The van der Waals surface area contributed by atoms with E-state index in [-0.39, 0.29) is 11.8 Å². The lowest BCUT2D eigenvalue weighted by Crippen LogP contribution is -2.53. The van der Waals surface area contributed by atoms with Gasteiger partial charge in [-0.25, -0.2) is 0 Å². The van der Waals surface area contributed by atoms with Crippen LogP contribution in [0.5, 0.6) is 5.75 Å². The largest absolute Gasteiger partial charge is 0.496 e. The number of likely N-dealkylation sites (N-methyl/N-ethyl adjacent to an activating group) is 2. The van der Waals surface area contributed by atoms with Crippen molar-refractivity contribution in [3.63, 3.8) is 0 Å². The third-order valence-corrected chi connectivity index (χ3v) is 3.78. The van der Waals surface area contributed by atoms with Crippen LogP contribution < -0.4 is 4.74 Å². The first-order valence-corrected chi connectivity index (χ1v) is 6.65. The molecule has 0 amide bonds. The number of rotatable bonds is 4. The summed E-state index contributed by atoms with van der Waals surface area (Å²) in [6.45, 7) is 2.78. The molecule has 1 saturated heterocycles. The molecule has 1 heterocycles. The SMILES string of the molecule is COc1ccccc1CC(=O)C1CN(C)CCN1C. The molecule has 2 rings (SSSR count). The highest BCUT2D eigenvalue weighted by Gasteiger charge is 2.28. The summed E-state index contributed by atoms with van der Waals surface area (Å²) in [6, 6.07) is 7.72. The molecule has 0 aliphatic carbocycles. The second kappa shape index (κ2) is 6.17. The van der Waals surface area contributed by atoms with E-state index in [1.807, 2.05) is 31.3 Å². The van der Waals surface area contributed by atoms with E-state index < -0.39 is 0 Å². The molecule has 4 nitrogen and oxygen atoms in total. The van der Waals surface area contributed by atoms with E-state index in [9.17, 15) is 4.79 Å². The van der Waals surface area contributed by atoms with Gasteiger partial charge in [0.25, 0.3) is 0 Å². The fraction of sp³-hybridized carbons (Fsp3) is 0.533. The van der Waals surface area contributed by atoms with E-state index in [4.69, 9.17) is 4.74 Å². The Kier molecular flexibility index (Phi) is 4.56. The molecule has 4 heteroatoms. The van der Waals surface area contributed by atoms with Crippen molar-refractivity contribution in [1.29, 1.82) is 0 Å². The molecule has 104 valence electrons. The molecule has 0 aromatic heterocycles. The average molecular weight is 262 g/mol. The maximum absolute atomic E-state index is 12.5. The second-order valence-electron chi connectivity index (χ2n) is 5.21. The molecule has 19 heavy (non-hydrogen) atoms. The van der Waals surface area contributed by atoms with Gasteiger partial charge >= 0.3 is 0 Å². The molecule has 1 aromatic carbocycles. The fourth-order valence-electron chi connectivity index (χ4n) is 2.51. The highest BCUT2D eigenvalue weighted by molar-refractivity contribution is 5.87. The van der Waals surface area contributed by atoms with Crippen molar-refractivity contribution in [2.24, 2.45) is 0 Å². The zero-order valence-corrected chi connectivity index (χ0v) is 11.9. The van der Waals surface area contributed by atoms with Crippen LogP contribution in [0.15, 0.2) is 24.3 Å². The number of methoxy groups -OCH3 is 1. The number of Topliss-reactive ketones (excluding diaryl/α,β-unsaturated/α-hetero) is 1. The Labute approximate surface area is 115 Å². The molecule has 0 spiro atoms. The summed E-state index contributed by atoms with van der Waals surface area (Å²) in [7, 11) is 5.73. The number of ketones is 1. The van der Waals surface area contributed by atoms with Crippen LogP contribution >= 0.6 is 0 Å². The minimum absolute atomic E-state index is 0.0105. The Balaban J connectivity index is 2.07. The van der Waals surface area contributed by atoms with E-state index in [1.54, 1.807) is 7.11 Å². The molecule has 1 fully saturated rings. The standard InChI is InChI=1S/C15H22N2O2/c1-16-8-9-17(2)13(11-16)14(18)10-12-6-4-5-7-15(12)19-3/h4-7,13H,8-11H2,1-3H3. The van der Waals surface area contributed by atoms with Gasteiger partial charge in [-0.05, 0) is 20.2 Å². The van der Waals surface area contributed by atoms with Crippen LogP contribution in [-0.4, -0.2) is 62.5 Å². The number of piperazine rings is 1. The highest BCUT2D eigenvalue weighted by atomic mass is 16.5. The van der Waals surface area contributed by atoms with Gasteiger partial charge in [0, 0.05) is 31.6 Å². The van der Waals surface area contributed by atoms with Crippen LogP contribution in [0.2, 0.25) is 0 Å². The molecule has 1 unspecified atom stereocenters. The van der Waals surface area contributed by atoms with Crippen LogP contribution in [0.1, 0.15) is 5.56 Å². The lowest BCUT2D eigenvalue weighted by atomic mass is 10.0. The highest BCUT2D eigenvalue weighted by Crippen LogP contribution is 2.19. The number of para-hydroxylation sites is 1. The number of ether oxygens (including phenoxy) is 1. The summed E-state index contributed by atoms with van der Waals surface area (Å²) in [5, 5.41) is 0. The Hall–Kier alpha value is -1.39. The summed E-state index contributed by atoms with van der Waals surface area (Å²) < 4.78 is 5.31. The number of nitrogens with zero attached hydrogens (tertiary/aromatic N) is 2. The van der Waals surface area contributed by atoms with Crippen molar-refractivity contribution in [2.45, 2.75) is 12.5 Å². The van der Waals surface area contributed by atoms with E-state index in [2.05, 4.69) is 16.8 Å². The molecule has 1 aliphatic heterocycles. The lowest BCUT2D eigenvalue weighted by Gasteiger charge is -2.36. The van der Waals surface area contributed by atoms with Crippen molar-refractivity contribution in [2.75, 3.05) is 40.8 Å². The molecule has 1 aromatic rings. The maximum atomic E-state index is 12.5. The van der Waals surface area contributed by atoms with Gasteiger partial charge in [0.15, 0.2) is 5.78 Å². The van der Waals surface area contributed by atoms with Crippen LogP contribution in [0.25, 0.3) is 0 Å². The third kappa shape index (κ3) is 3.33. The number of carbonyl (C=O) groups is 1. The van der Waals surface area contributed by atoms with Crippen molar-refractivity contribution in [1.82, 2.24) is 9.80 Å². The Morgan fingerprint density at radius 3 is 2.79 bits per heavy atom. The molecular weight excluding hydrogens is 240 g/mol. The van der Waals surface area contributed by atoms with Gasteiger partial charge in [0.1, 0.15) is 5.75 Å². The number of hydrogen-bond donors (Lipinski definition) is 0. The van der Waals surface area contributed by atoms with Crippen LogP contribution in [0, 0.1) is 0 Å². The van der Waals surface area contributed by atoms with Gasteiger partial charge in [-0.2, -0.15) is 0 Å². The lowest BCUT2D eigenvalue weighted by molar-refractivity contribution is -0.125. The zero-order chi connectivity index (χ0) is 13.8. The molecule has 1 aliphatic rings. The number of carbonyl (C=O) groups excluding carboxylic acids is 1. The first-order valence-electron chi connectivity index (χ1n) is 6.65. The Morgan fingerprint density at radius 2 is 2.05 bits per heavy atom. The van der Waals surface area contributed by atoms with Gasteiger partial charge in [0.2, 0.25) is 0 Å². The van der Waals surface area contributed by atoms with Gasteiger partial charge in [0.05, 0.1) is 13.2 Å². The van der Waals surface area contributed by atoms with E-state index in [1.165, 1.54) is 0 Å². The average Bonchev–Trinajstić information content (AvgIpc) is 2.42. The van der Waals surface area contributed by atoms with Crippen molar-refractivity contribution >= 4 is 5.78 Å². The van der Waals surface area contributed by atoms with Gasteiger partial charge in [-0.3, -0.25) is 9.69 Å². The van der Waals surface area contributed by atoms with Crippen LogP contribution in [-0.2, 0) is 11.2 Å². The monoisotopic (exact) mass is 262 g/mol. The van der Waals surface area contributed by atoms with Gasteiger partial charge in [-0.1, -0.05) is 18.2 Å². The quantitative estimate of drug-likeness (QED) is 0.812. The molecule has 1 atom stereocenters. The minimum atomic E-state index is -0.0105. The second-order valence-corrected chi connectivity index (χ2v) is 5.21. The van der Waals surface area contributed by atoms with E-state index in [0.29, 0.717) is 6.42 Å². The van der Waals surface area contributed by atoms with Gasteiger partial charge < -0.3 is 9.64 Å². The van der Waals surface area contributed by atoms with E-state index in [0.717, 1.165) is 30.9 Å². The number of hydrogen-bond acceptors (Lipinski definition) is 4. The van der Waals surface area contributed by atoms with Crippen molar-refractivity contribution < 1.29 is 9.53 Å². The van der Waals surface area contributed by atoms with Crippen molar-refractivity contribution in [3.8, 4) is 5.75 Å². The smallest absolute Gasteiger partial charge is 0.155 e. The maximum Gasteiger partial charge on any atom is 0.155 e. The van der Waals surface area contributed by atoms with E-state index >= 15 is 0 Å². The molecule has 0 radical (unpaired) electrons. The Morgan fingerprint density at radius 1 is 1.32 bits per heavy atom. The summed E-state index contributed by atoms with van der Waals surface area (Å²) in [5.74, 6) is 1.06. The summed E-state index contributed by atoms with van der Waals surface area (Å²) in [6.07, 6.45) is 0.437. The number of benzene rings is 1. The van der Waals surface area contributed by atoms with Crippen molar-refractivity contribution in [3.05, 3.63) is 29.8 Å². The zero-order valence-electron chi connectivity index (χ0n) is 11.9. The molecule has 0 bridgehead atoms. The van der Waals surface area contributed by atoms with Crippen LogP contribution in [0.3, 0.4) is 0 Å². The minimum Gasteiger partial charge on any atom is -0.496 e. The molecule has 0 saturated carbocycles. The van der Waals surface area contributed by atoms with Crippen LogP contribution in [0.4, 0.5) is 0 Å². The predicted molar refractivity (Wildman–Crippen MR) is 75.6 cm³/mol. The summed E-state index contributed by atoms with van der Waals surface area (Å²) >= 11 is 0. The van der Waals surface area contributed by atoms with Gasteiger partial charge in [-0.15, -0.1) is 0 Å². The molecule has 0 N–H and O–H groups in total. The first kappa shape index (κ1) is 14.0. The predicted octanol–water partition coefficient (Wildman–Crippen LogP) is 1.05. The molecular formula is C15H22N2O2. The first-order chi connectivity index (χ1) is 9.11. The normalized spacial score (nSPS) is 21.3.